The quantitative estimate of drug-likeness (QED) is 0.0454. The number of thioether (sulfide) groups is 1. The Morgan fingerprint density at radius 3 is 1.91 bits per heavy atom. The number of hydrogen-bond donors (Lipinski definition) is 0. The van der Waals surface area contributed by atoms with Crippen molar-refractivity contribution in [2.45, 2.75) is 22.9 Å². The Hall–Kier alpha value is -4.46. The molecule has 0 atom stereocenters. The van der Waals surface area contributed by atoms with Gasteiger partial charge in [0.15, 0.2) is 15.6 Å². The molecule has 0 aliphatic heterocycles. The Labute approximate surface area is 275 Å². The molecule has 11 nitrogen and oxygen atoms in total. The lowest BCUT2D eigenvalue weighted by molar-refractivity contribution is 0.102. The van der Waals surface area contributed by atoms with Crippen molar-refractivity contribution in [1.29, 1.82) is 0 Å². The van der Waals surface area contributed by atoms with Crippen LogP contribution in [0.1, 0.15) is 21.5 Å². The molecular formula is C32H32N4O7S3. The van der Waals surface area contributed by atoms with Crippen molar-refractivity contribution in [2.75, 3.05) is 32.3 Å². The van der Waals surface area contributed by atoms with Gasteiger partial charge in [0.05, 0.1) is 19.1 Å². The van der Waals surface area contributed by atoms with E-state index in [1.165, 1.54) is 31.2 Å². The minimum absolute atomic E-state index is 0.0827. The maximum absolute atomic E-state index is 13.1. The van der Waals surface area contributed by atoms with Gasteiger partial charge in [-0.1, -0.05) is 59.7 Å². The molecule has 0 radical (unpaired) electrons. The fourth-order valence-electron chi connectivity index (χ4n) is 4.37. The van der Waals surface area contributed by atoms with E-state index in [9.17, 15) is 13.2 Å². The molecule has 0 N–H and O–H groups in total. The molecule has 0 aliphatic rings. The summed E-state index contributed by atoms with van der Waals surface area (Å²) in [6.45, 7) is 2.04. The van der Waals surface area contributed by atoms with Crippen LogP contribution in [-0.2, 0) is 34.5 Å². The first-order valence-electron chi connectivity index (χ1n) is 13.7. The van der Waals surface area contributed by atoms with E-state index in [2.05, 4.69) is 27.1 Å². The maximum Gasteiger partial charge on any atom is 0.335 e. The number of methoxy groups -OCH3 is 2. The van der Waals surface area contributed by atoms with E-state index in [4.69, 9.17) is 23.4 Å². The van der Waals surface area contributed by atoms with Crippen molar-refractivity contribution < 1.29 is 31.1 Å². The minimum atomic E-state index is -3.88. The molecule has 14 heteroatoms. The molecule has 0 saturated carbocycles. The third kappa shape index (κ3) is 11.5. The lowest BCUT2D eigenvalue weighted by Crippen LogP contribution is -2.25. The standard InChI is InChI=1S/C32H32N4O5S2.O2S/c1-40-28-18-26(19-29(20-28)41-2)32(37)23-43(38,39)31-14-10-25(11-15-31)22-36(16-17-42-30-6-4-3-5-7-30)21-24-8-12-27(13-9-24)34-35-33;1-3-2/h3-15,18-20H,16-17,21-23H2,1-2H3;. The number of sulfone groups is 1. The van der Waals surface area contributed by atoms with E-state index < -0.39 is 32.9 Å². The van der Waals surface area contributed by atoms with Crippen molar-refractivity contribution in [3.63, 3.8) is 0 Å². The molecule has 0 saturated heterocycles. The second-order valence-electron chi connectivity index (χ2n) is 9.72. The Bertz CT molecular complexity index is 1750. The fourth-order valence-corrected chi connectivity index (χ4v) is 6.53. The second kappa shape index (κ2) is 18.5. The highest BCUT2D eigenvalue weighted by Crippen LogP contribution is 2.25. The highest BCUT2D eigenvalue weighted by atomic mass is 32.2. The Balaban J connectivity index is 0.00000185. The molecule has 0 aliphatic carbocycles. The molecule has 0 amide bonds. The molecule has 0 aromatic heterocycles. The number of azide groups is 1. The summed E-state index contributed by atoms with van der Waals surface area (Å²) < 4.78 is 53.2. The highest BCUT2D eigenvalue weighted by Gasteiger charge is 2.22. The van der Waals surface area contributed by atoms with Crippen LogP contribution >= 0.6 is 11.8 Å². The predicted octanol–water partition coefficient (Wildman–Crippen LogP) is 6.43. The zero-order valence-electron chi connectivity index (χ0n) is 25.1. The number of nitrogens with zero attached hydrogens (tertiary/aromatic N) is 4. The van der Waals surface area contributed by atoms with Crippen LogP contribution in [0, 0.1) is 0 Å². The minimum Gasteiger partial charge on any atom is -0.497 e. The van der Waals surface area contributed by atoms with Crippen LogP contribution in [0.2, 0.25) is 0 Å². The van der Waals surface area contributed by atoms with Gasteiger partial charge in [-0.15, -0.1) is 11.8 Å². The summed E-state index contributed by atoms with van der Waals surface area (Å²) in [5.41, 5.74) is 11.4. The summed E-state index contributed by atoms with van der Waals surface area (Å²) in [6, 6.07) is 28.9. The summed E-state index contributed by atoms with van der Waals surface area (Å²) in [6.07, 6.45) is 0. The topological polar surface area (TPSA) is 156 Å². The Morgan fingerprint density at radius 2 is 1.39 bits per heavy atom. The van der Waals surface area contributed by atoms with Crippen molar-refractivity contribution >= 4 is 44.6 Å². The summed E-state index contributed by atoms with van der Waals surface area (Å²) >= 11 is 1.02. The molecular weight excluding hydrogens is 649 g/mol. The van der Waals surface area contributed by atoms with Crippen LogP contribution in [0.4, 0.5) is 5.69 Å². The van der Waals surface area contributed by atoms with Gasteiger partial charge in [-0.2, -0.15) is 8.42 Å². The van der Waals surface area contributed by atoms with E-state index in [0.717, 1.165) is 23.4 Å². The molecule has 4 aromatic carbocycles. The van der Waals surface area contributed by atoms with E-state index in [1.54, 1.807) is 54.2 Å². The van der Waals surface area contributed by atoms with Crippen LogP contribution in [0.25, 0.3) is 10.4 Å². The van der Waals surface area contributed by atoms with E-state index in [-0.39, 0.29) is 10.5 Å². The fraction of sp³-hybridized carbons (Fsp3) is 0.219. The third-order valence-corrected chi connectivity index (χ3v) is 9.23. The Morgan fingerprint density at radius 1 is 0.848 bits per heavy atom. The van der Waals surface area contributed by atoms with Gasteiger partial charge >= 0.3 is 11.6 Å². The van der Waals surface area contributed by atoms with Gasteiger partial charge in [0.25, 0.3) is 0 Å². The normalized spacial score (nSPS) is 10.7. The van der Waals surface area contributed by atoms with Gasteiger partial charge in [-0.25, -0.2) is 8.42 Å². The molecule has 0 unspecified atom stereocenters. The van der Waals surface area contributed by atoms with Gasteiger partial charge in [0.1, 0.15) is 17.3 Å². The van der Waals surface area contributed by atoms with Crippen molar-refractivity contribution in [2.24, 2.45) is 5.11 Å². The average Bonchev–Trinajstić information content (AvgIpc) is 3.06. The SMILES string of the molecule is COc1cc(OC)cc(C(=O)CS(=O)(=O)c2ccc(CN(CCSc3ccccc3)Cc3ccc(N=[N+]=[N-])cc3)cc2)c1.O=S=O. The maximum atomic E-state index is 13.1. The molecule has 240 valence electrons. The molecule has 0 bridgehead atoms. The van der Waals surface area contributed by atoms with Crippen LogP contribution in [-0.4, -0.2) is 59.8 Å². The first kappa shape index (κ1) is 36.0. The van der Waals surface area contributed by atoms with E-state index >= 15 is 0 Å². The number of rotatable bonds is 15. The van der Waals surface area contributed by atoms with Crippen molar-refractivity contribution in [1.82, 2.24) is 4.90 Å². The smallest absolute Gasteiger partial charge is 0.335 e. The van der Waals surface area contributed by atoms with Gasteiger partial charge in [-0.05, 0) is 53.1 Å². The van der Waals surface area contributed by atoms with Gasteiger partial charge in [0, 0.05) is 52.5 Å². The zero-order chi connectivity index (χ0) is 33.4. The van der Waals surface area contributed by atoms with E-state index in [0.29, 0.717) is 30.3 Å². The van der Waals surface area contributed by atoms with Crippen LogP contribution in [0.15, 0.2) is 112 Å². The average molecular weight is 681 g/mol. The molecule has 0 heterocycles. The van der Waals surface area contributed by atoms with Crippen LogP contribution in [0.5, 0.6) is 11.5 Å². The van der Waals surface area contributed by atoms with Crippen molar-refractivity contribution in [3.05, 3.63) is 124 Å². The molecule has 4 rings (SSSR count). The number of ketones is 1. The van der Waals surface area contributed by atoms with Gasteiger partial charge < -0.3 is 9.47 Å². The number of Topliss-reactive ketones (excluding diaryl/α,β-unsaturated/α-hetero) is 1. The highest BCUT2D eigenvalue weighted by molar-refractivity contribution is 7.99. The summed E-state index contributed by atoms with van der Waals surface area (Å²) in [5, 5.41) is 3.64. The number of benzene rings is 4. The van der Waals surface area contributed by atoms with E-state index in [1.807, 2.05) is 30.3 Å². The lowest BCUT2D eigenvalue weighted by Gasteiger charge is -2.23. The Kier molecular flexibility index (Phi) is 14.5. The lowest BCUT2D eigenvalue weighted by atomic mass is 10.1. The molecule has 46 heavy (non-hydrogen) atoms. The number of ether oxygens (including phenoxy) is 2. The number of carbonyl (C=O) groups excluding carboxylic acids is 1. The number of carbonyl (C=O) groups is 1. The monoisotopic (exact) mass is 680 g/mol. The van der Waals surface area contributed by atoms with Crippen molar-refractivity contribution in [3.8, 4) is 11.5 Å². The number of hydrogen-bond acceptors (Lipinski definition) is 10. The predicted molar refractivity (Wildman–Crippen MR) is 178 cm³/mol. The molecule has 0 spiro atoms. The second-order valence-corrected chi connectivity index (χ2v) is 13.0. The first-order valence-corrected chi connectivity index (χ1v) is 17.1. The third-order valence-electron chi connectivity index (χ3n) is 6.61. The van der Waals surface area contributed by atoms with Crippen LogP contribution in [0.3, 0.4) is 0 Å². The summed E-state index contributed by atoms with van der Waals surface area (Å²) in [4.78, 5) is 19.3. The largest absolute Gasteiger partial charge is 0.497 e. The summed E-state index contributed by atoms with van der Waals surface area (Å²) in [7, 11) is -0.948. The van der Waals surface area contributed by atoms with Gasteiger partial charge in [-0.3, -0.25) is 9.69 Å². The van der Waals surface area contributed by atoms with Crippen LogP contribution < -0.4 is 9.47 Å². The summed E-state index contributed by atoms with van der Waals surface area (Å²) in [5.74, 6) is 0.461. The zero-order valence-corrected chi connectivity index (χ0v) is 27.6. The first-order chi connectivity index (χ1) is 22.2. The molecule has 4 aromatic rings. The van der Waals surface area contributed by atoms with Gasteiger partial charge in [0.2, 0.25) is 0 Å². The molecule has 0 fully saturated rings.